The molecule has 1 aromatic carbocycles. The Hall–Kier alpha value is -1.22. The molecule has 0 saturated carbocycles. The number of ether oxygens (including phenoxy) is 3. The number of fused-ring (bicyclic) bond motifs is 1. The normalized spacial score (nSPS) is 20.2. The smallest absolute Gasteiger partial charge is 0.191 e. The lowest BCUT2D eigenvalue weighted by molar-refractivity contribution is 0.0674. The average molecular weight is 447 g/mol. The summed E-state index contributed by atoms with van der Waals surface area (Å²) in [6.45, 7) is 8.16. The Morgan fingerprint density at radius 1 is 1.38 bits per heavy atom. The van der Waals surface area contributed by atoms with Gasteiger partial charge in [-0.05, 0) is 26.0 Å². The number of halogens is 1. The van der Waals surface area contributed by atoms with Gasteiger partial charge in [0.1, 0.15) is 17.6 Å². The van der Waals surface area contributed by atoms with Crippen molar-refractivity contribution in [2.75, 3.05) is 32.9 Å². The van der Waals surface area contributed by atoms with Gasteiger partial charge in [-0.25, -0.2) is 4.99 Å². The molecule has 0 radical (unpaired) electrons. The predicted molar refractivity (Wildman–Crippen MR) is 105 cm³/mol. The molecule has 0 spiro atoms. The minimum atomic E-state index is 0. The summed E-state index contributed by atoms with van der Waals surface area (Å²) in [5, 5.41) is 0. The Balaban J connectivity index is 0.00000208. The number of benzene rings is 1. The molecule has 0 bridgehead atoms. The molecule has 1 saturated heterocycles. The summed E-state index contributed by atoms with van der Waals surface area (Å²) < 4.78 is 17.0. The monoisotopic (exact) mass is 447 g/mol. The van der Waals surface area contributed by atoms with E-state index in [9.17, 15) is 0 Å². The lowest BCUT2D eigenvalue weighted by atomic mass is 10.1. The molecule has 0 aliphatic carbocycles. The van der Waals surface area contributed by atoms with Crippen LogP contribution >= 0.6 is 24.0 Å². The highest BCUT2D eigenvalue weighted by molar-refractivity contribution is 14.0. The Morgan fingerprint density at radius 2 is 2.12 bits per heavy atom. The maximum atomic E-state index is 6.10. The molecular weight excluding hydrogens is 421 g/mol. The lowest BCUT2D eigenvalue weighted by Crippen LogP contribution is -2.44. The molecule has 1 aromatic rings. The van der Waals surface area contributed by atoms with Gasteiger partial charge in [0.15, 0.2) is 5.96 Å². The van der Waals surface area contributed by atoms with Crippen molar-refractivity contribution in [2.45, 2.75) is 32.9 Å². The fraction of sp³-hybridized carbons (Fsp3) is 0.588. The molecule has 1 unspecified atom stereocenters. The molecule has 1 fully saturated rings. The largest absolute Gasteiger partial charge is 0.494 e. The van der Waals surface area contributed by atoms with Crippen LogP contribution in [0.4, 0.5) is 0 Å². The van der Waals surface area contributed by atoms with Crippen LogP contribution in [0, 0.1) is 0 Å². The molecular formula is C17H26IN3O3. The standard InChI is InChI=1S/C17H25N3O3.HI/c1-3-22-15-9-13-8-12(2)23-16(13)10-14(15)11-19-17(18)20-4-6-21-7-5-20;/h9-10,12H,3-8,11H2,1-2H3,(H2,18,19);1H. The minimum absolute atomic E-state index is 0. The van der Waals surface area contributed by atoms with Gasteiger partial charge in [-0.3, -0.25) is 0 Å². The molecule has 6 nitrogen and oxygen atoms in total. The number of aliphatic imine (C=N–C) groups is 1. The summed E-state index contributed by atoms with van der Waals surface area (Å²) in [5.41, 5.74) is 8.32. The van der Waals surface area contributed by atoms with Crippen LogP contribution in [0.15, 0.2) is 17.1 Å². The third-order valence-electron chi connectivity index (χ3n) is 4.13. The maximum Gasteiger partial charge on any atom is 0.191 e. The van der Waals surface area contributed by atoms with Crippen LogP contribution in [-0.4, -0.2) is 49.9 Å². The molecule has 2 heterocycles. The topological polar surface area (TPSA) is 69.3 Å². The first-order valence-electron chi connectivity index (χ1n) is 8.25. The highest BCUT2D eigenvalue weighted by Gasteiger charge is 2.22. The van der Waals surface area contributed by atoms with E-state index in [1.54, 1.807) is 0 Å². The highest BCUT2D eigenvalue weighted by atomic mass is 127. The van der Waals surface area contributed by atoms with Gasteiger partial charge in [-0.2, -0.15) is 0 Å². The maximum absolute atomic E-state index is 6.10. The zero-order valence-electron chi connectivity index (χ0n) is 14.3. The van der Waals surface area contributed by atoms with E-state index in [2.05, 4.69) is 22.9 Å². The first kappa shape index (κ1) is 19.1. The van der Waals surface area contributed by atoms with Gasteiger partial charge < -0.3 is 24.8 Å². The SMILES string of the molecule is CCOc1cc2c(cc1CN=C(N)N1CCOCC1)OC(C)C2.I. The number of hydrogen-bond donors (Lipinski definition) is 1. The second-order valence-corrected chi connectivity index (χ2v) is 5.91. The summed E-state index contributed by atoms with van der Waals surface area (Å²) >= 11 is 0. The number of nitrogens with two attached hydrogens (primary N) is 1. The minimum Gasteiger partial charge on any atom is -0.494 e. The fourth-order valence-corrected chi connectivity index (χ4v) is 2.95. The third-order valence-corrected chi connectivity index (χ3v) is 4.13. The zero-order chi connectivity index (χ0) is 16.2. The highest BCUT2D eigenvalue weighted by Crippen LogP contribution is 2.35. The van der Waals surface area contributed by atoms with Crippen molar-refractivity contribution in [1.82, 2.24) is 4.90 Å². The van der Waals surface area contributed by atoms with E-state index in [4.69, 9.17) is 19.9 Å². The van der Waals surface area contributed by atoms with Crippen LogP contribution in [0.5, 0.6) is 11.5 Å². The van der Waals surface area contributed by atoms with Gasteiger partial charge in [0, 0.05) is 30.6 Å². The van der Waals surface area contributed by atoms with Crippen molar-refractivity contribution in [3.8, 4) is 11.5 Å². The second kappa shape index (κ2) is 8.75. The van der Waals surface area contributed by atoms with Gasteiger partial charge in [0.05, 0.1) is 26.4 Å². The Morgan fingerprint density at radius 3 is 2.83 bits per heavy atom. The van der Waals surface area contributed by atoms with Crippen molar-refractivity contribution in [2.24, 2.45) is 10.7 Å². The van der Waals surface area contributed by atoms with Crippen LogP contribution in [0.25, 0.3) is 0 Å². The Kier molecular flexibility index (Phi) is 6.97. The molecule has 2 aliphatic heterocycles. The summed E-state index contributed by atoms with van der Waals surface area (Å²) in [5.74, 6) is 2.38. The molecule has 2 N–H and O–H groups in total. The molecule has 0 aromatic heterocycles. The number of nitrogens with zero attached hydrogens (tertiary/aromatic N) is 2. The lowest BCUT2D eigenvalue weighted by Gasteiger charge is -2.27. The van der Waals surface area contributed by atoms with Gasteiger partial charge in [-0.1, -0.05) is 0 Å². The van der Waals surface area contributed by atoms with E-state index >= 15 is 0 Å². The van der Waals surface area contributed by atoms with Crippen LogP contribution in [0.1, 0.15) is 25.0 Å². The van der Waals surface area contributed by atoms with Crippen molar-refractivity contribution in [1.29, 1.82) is 0 Å². The van der Waals surface area contributed by atoms with Gasteiger partial charge in [0.25, 0.3) is 0 Å². The molecule has 3 rings (SSSR count). The molecule has 134 valence electrons. The number of guanidine groups is 1. The molecule has 0 amide bonds. The van der Waals surface area contributed by atoms with Crippen molar-refractivity contribution in [3.63, 3.8) is 0 Å². The number of rotatable bonds is 4. The first-order chi connectivity index (χ1) is 11.2. The van der Waals surface area contributed by atoms with E-state index in [-0.39, 0.29) is 30.1 Å². The van der Waals surface area contributed by atoms with E-state index in [0.717, 1.165) is 36.6 Å². The van der Waals surface area contributed by atoms with Gasteiger partial charge in [0.2, 0.25) is 0 Å². The quantitative estimate of drug-likeness (QED) is 0.436. The Labute approximate surface area is 160 Å². The van der Waals surface area contributed by atoms with E-state index in [1.165, 1.54) is 5.56 Å². The zero-order valence-corrected chi connectivity index (χ0v) is 16.6. The van der Waals surface area contributed by atoms with E-state index < -0.39 is 0 Å². The summed E-state index contributed by atoms with van der Waals surface area (Å²) in [4.78, 5) is 6.59. The number of hydrogen-bond acceptors (Lipinski definition) is 4. The first-order valence-corrected chi connectivity index (χ1v) is 8.25. The van der Waals surface area contributed by atoms with Crippen LogP contribution in [-0.2, 0) is 17.7 Å². The second-order valence-electron chi connectivity index (χ2n) is 5.91. The molecule has 7 heteroatoms. The van der Waals surface area contributed by atoms with Gasteiger partial charge in [-0.15, -0.1) is 24.0 Å². The van der Waals surface area contributed by atoms with Crippen LogP contribution in [0.2, 0.25) is 0 Å². The number of morpholine rings is 1. The van der Waals surface area contributed by atoms with Crippen LogP contribution in [0.3, 0.4) is 0 Å². The fourth-order valence-electron chi connectivity index (χ4n) is 2.95. The van der Waals surface area contributed by atoms with E-state index in [1.807, 2.05) is 13.0 Å². The summed E-state index contributed by atoms with van der Waals surface area (Å²) in [6.07, 6.45) is 1.14. The Bertz CT molecular complexity index is 589. The van der Waals surface area contributed by atoms with Crippen LogP contribution < -0.4 is 15.2 Å². The average Bonchev–Trinajstić information content (AvgIpc) is 2.92. The van der Waals surface area contributed by atoms with Crippen molar-refractivity contribution < 1.29 is 14.2 Å². The van der Waals surface area contributed by atoms with Gasteiger partial charge >= 0.3 is 0 Å². The molecule has 2 aliphatic rings. The van der Waals surface area contributed by atoms with Crippen molar-refractivity contribution >= 4 is 29.9 Å². The van der Waals surface area contributed by atoms with E-state index in [0.29, 0.717) is 32.3 Å². The predicted octanol–water partition coefficient (Wildman–Crippen LogP) is 2.17. The molecule has 1 atom stereocenters. The summed E-state index contributed by atoms with van der Waals surface area (Å²) in [6, 6.07) is 4.12. The third kappa shape index (κ3) is 4.44. The summed E-state index contributed by atoms with van der Waals surface area (Å²) in [7, 11) is 0. The van der Waals surface area contributed by atoms with Crippen molar-refractivity contribution in [3.05, 3.63) is 23.3 Å². The molecule has 24 heavy (non-hydrogen) atoms.